The molecule has 6 nitrogen and oxygen atoms in total. The number of carbonyl (C=O) groups is 1. The van der Waals surface area contributed by atoms with Crippen LogP contribution >= 0.6 is 23.2 Å². The van der Waals surface area contributed by atoms with Crippen molar-refractivity contribution in [2.24, 2.45) is 5.92 Å². The Balaban J connectivity index is 1.41. The second-order valence-corrected chi connectivity index (χ2v) is 10.9. The van der Waals surface area contributed by atoms with E-state index in [9.17, 15) is 13.2 Å². The number of hydrogen-bond acceptors (Lipinski definition) is 4. The van der Waals surface area contributed by atoms with E-state index in [1.165, 1.54) is 22.0 Å². The molecule has 1 N–H and O–H groups in total. The van der Waals surface area contributed by atoms with Gasteiger partial charge in [-0.2, -0.15) is 4.31 Å². The lowest BCUT2D eigenvalue weighted by atomic mass is 9.97. The van der Waals surface area contributed by atoms with Crippen molar-refractivity contribution in [1.29, 1.82) is 0 Å². The van der Waals surface area contributed by atoms with Crippen molar-refractivity contribution in [2.75, 3.05) is 33.2 Å². The number of rotatable bonds is 9. The predicted molar refractivity (Wildman–Crippen MR) is 128 cm³/mol. The van der Waals surface area contributed by atoms with Crippen molar-refractivity contribution in [1.82, 2.24) is 14.5 Å². The van der Waals surface area contributed by atoms with Gasteiger partial charge in [0, 0.05) is 37.1 Å². The van der Waals surface area contributed by atoms with Gasteiger partial charge in [-0.25, -0.2) is 8.42 Å². The van der Waals surface area contributed by atoms with Gasteiger partial charge in [0.1, 0.15) is 4.90 Å². The molecule has 0 atom stereocenters. The van der Waals surface area contributed by atoms with Gasteiger partial charge in [-0.15, -0.1) is 0 Å². The summed E-state index contributed by atoms with van der Waals surface area (Å²) in [6, 6.07) is 14.7. The summed E-state index contributed by atoms with van der Waals surface area (Å²) < 4.78 is 27.2. The molecule has 0 unspecified atom stereocenters. The maximum atomic E-state index is 12.9. The van der Waals surface area contributed by atoms with Crippen LogP contribution in [0, 0.1) is 5.92 Å². The first-order chi connectivity index (χ1) is 15.3. The third kappa shape index (κ3) is 6.68. The second kappa shape index (κ2) is 11.5. The van der Waals surface area contributed by atoms with Crippen LogP contribution in [0.5, 0.6) is 0 Å². The van der Waals surface area contributed by atoms with Crippen molar-refractivity contribution in [3.63, 3.8) is 0 Å². The molecule has 0 spiro atoms. The number of carbonyl (C=O) groups excluding carboxylic acids is 1. The first kappa shape index (κ1) is 25.0. The first-order valence-electron chi connectivity index (χ1n) is 10.7. The molecular weight excluding hydrogens is 469 g/mol. The van der Waals surface area contributed by atoms with Crippen LogP contribution in [0.25, 0.3) is 0 Å². The molecule has 174 valence electrons. The van der Waals surface area contributed by atoms with Crippen LogP contribution in [0.2, 0.25) is 10.0 Å². The SMILES string of the molecule is CN(CCCNC(=O)C1CCN(S(=O)(=O)c2cc(Cl)ccc2Cl)CC1)Cc1ccccc1. The van der Waals surface area contributed by atoms with E-state index in [1.54, 1.807) is 6.07 Å². The summed E-state index contributed by atoms with van der Waals surface area (Å²) >= 11 is 12.0. The van der Waals surface area contributed by atoms with Crippen molar-refractivity contribution >= 4 is 39.1 Å². The molecule has 0 aliphatic carbocycles. The number of piperidine rings is 1. The van der Waals surface area contributed by atoms with E-state index in [2.05, 4.69) is 29.4 Å². The van der Waals surface area contributed by atoms with Crippen molar-refractivity contribution in [2.45, 2.75) is 30.7 Å². The monoisotopic (exact) mass is 497 g/mol. The van der Waals surface area contributed by atoms with Gasteiger partial charge in [0.25, 0.3) is 0 Å². The molecule has 0 radical (unpaired) electrons. The fourth-order valence-corrected chi connectivity index (χ4v) is 6.06. The molecule has 0 bridgehead atoms. The lowest BCUT2D eigenvalue weighted by Gasteiger charge is -2.30. The van der Waals surface area contributed by atoms with Crippen LogP contribution in [-0.4, -0.2) is 56.8 Å². The number of hydrogen-bond donors (Lipinski definition) is 1. The van der Waals surface area contributed by atoms with E-state index in [0.717, 1.165) is 19.5 Å². The number of amides is 1. The summed E-state index contributed by atoms with van der Waals surface area (Å²) in [5.74, 6) is -0.188. The van der Waals surface area contributed by atoms with Gasteiger partial charge in [0.05, 0.1) is 5.02 Å². The molecule has 1 aliphatic rings. The summed E-state index contributed by atoms with van der Waals surface area (Å²) in [4.78, 5) is 14.8. The zero-order valence-corrected chi connectivity index (χ0v) is 20.5. The number of benzene rings is 2. The van der Waals surface area contributed by atoms with E-state index < -0.39 is 10.0 Å². The summed E-state index contributed by atoms with van der Waals surface area (Å²) in [5, 5.41) is 3.46. The van der Waals surface area contributed by atoms with Crippen molar-refractivity contribution in [3.05, 3.63) is 64.1 Å². The summed E-state index contributed by atoms with van der Waals surface area (Å²) in [6.45, 7) is 2.92. The molecule has 1 amide bonds. The van der Waals surface area contributed by atoms with E-state index in [4.69, 9.17) is 23.2 Å². The molecular formula is C23H29Cl2N3O3S. The minimum absolute atomic E-state index is 0.00597. The number of nitrogens with one attached hydrogen (secondary N) is 1. The molecule has 3 rings (SSSR count). The van der Waals surface area contributed by atoms with E-state index >= 15 is 0 Å². The van der Waals surface area contributed by atoms with Crippen LogP contribution < -0.4 is 5.32 Å². The van der Waals surface area contributed by atoms with Crippen molar-refractivity contribution in [3.8, 4) is 0 Å². The quantitative estimate of drug-likeness (QED) is 0.530. The summed E-state index contributed by atoms with van der Waals surface area (Å²) in [7, 11) is -1.67. The minimum atomic E-state index is -3.74. The average molecular weight is 498 g/mol. The lowest BCUT2D eigenvalue weighted by molar-refractivity contribution is -0.126. The Bertz CT molecular complexity index is 1010. The number of nitrogens with zero attached hydrogens (tertiary/aromatic N) is 2. The largest absolute Gasteiger partial charge is 0.356 e. The van der Waals surface area contributed by atoms with E-state index in [1.807, 2.05) is 18.2 Å². The minimum Gasteiger partial charge on any atom is -0.356 e. The third-order valence-corrected chi connectivity index (χ3v) is 8.26. The van der Waals surface area contributed by atoms with Crippen LogP contribution in [0.3, 0.4) is 0 Å². The highest BCUT2D eigenvalue weighted by Crippen LogP contribution is 2.30. The molecule has 1 fully saturated rings. The Kier molecular flexibility index (Phi) is 8.96. The molecule has 2 aromatic rings. The molecule has 9 heteroatoms. The summed E-state index contributed by atoms with van der Waals surface area (Å²) in [6.07, 6.45) is 1.82. The van der Waals surface area contributed by atoms with Crippen LogP contribution in [-0.2, 0) is 21.4 Å². The normalized spacial score (nSPS) is 15.8. The van der Waals surface area contributed by atoms with Gasteiger partial charge in [0.2, 0.25) is 15.9 Å². The van der Waals surface area contributed by atoms with Gasteiger partial charge in [0.15, 0.2) is 0 Å². The number of halogens is 2. The molecule has 0 saturated carbocycles. The molecule has 0 aromatic heterocycles. The standard InChI is InChI=1S/C23H29Cl2N3O3S/c1-27(17-18-6-3-2-4-7-18)13-5-12-26-23(29)19-10-14-28(15-11-19)32(30,31)22-16-20(24)8-9-21(22)25/h2-4,6-9,16,19H,5,10-15,17H2,1H3,(H,26,29). The Morgan fingerprint density at radius 1 is 1.12 bits per heavy atom. The highest BCUT2D eigenvalue weighted by molar-refractivity contribution is 7.89. The number of sulfonamides is 1. The molecule has 1 heterocycles. The second-order valence-electron chi connectivity index (χ2n) is 8.12. The Morgan fingerprint density at radius 2 is 1.81 bits per heavy atom. The topological polar surface area (TPSA) is 69.7 Å². The average Bonchev–Trinajstić information content (AvgIpc) is 2.79. The smallest absolute Gasteiger partial charge is 0.244 e. The Morgan fingerprint density at radius 3 is 2.50 bits per heavy atom. The lowest BCUT2D eigenvalue weighted by Crippen LogP contribution is -2.43. The zero-order chi connectivity index (χ0) is 23.1. The van der Waals surface area contributed by atoms with Gasteiger partial charge < -0.3 is 10.2 Å². The van der Waals surface area contributed by atoms with Gasteiger partial charge in [-0.3, -0.25) is 4.79 Å². The highest BCUT2D eigenvalue weighted by Gasteiger charge is 2.33. The summed E-state index contributed by atoms with van der Waals surface area (Å²) in [5.41, 5.74) is 1.26. The molecule has 1 saturated heterocycles. The highest BCUT2D eigenvalue weighted by atomic mass is 35.5. The van der Waals surface area contributed by atoms with Gasteiger partial charge in [-0.1, -0.05) is 53.5 Å². The van der Waals surface area contributed by atoms with Crippen LogP contribution in [0.4, 0.5) is 0 Å². The van der Waals surface area contributed by atoms with Crippen LogP contribution in [0.1, 0.15) is 24.8 Å². The molecule has 32 heavy (non-hydrogen) atoms. The Labute approximate surface area is 200 Å². The van der Waals surface area contributed by atoms with E-state index in [-0.39, 0.29) is 34.8 Å². The molecule has 2 aromatic carbocycles. The van der Waals surface area contributed by atoms with Gasteiger partial charge >= 0.3 is 0 Å². The van der Waals surface area contributed by atoms with Gasteiger partial charge in [-0.05, 0) is 56.6 Å². The van der Waals surface area contributed by atoms with Crippen molar-refractivity contribution < 1.29 is 13.2 Å². The Hall–Kier alpha value is -1.64. The van der Waals surface area contributed by atoms with E-state index in [0.29, 0.717) is 24.4 Å². The predicted octanol–water partition coefficient (Wildman–Crippen LogP) is 4.03. The third-order valence-electron chi connectivity index (χ3n) is 5.65. The zero-order valence-electron chi connectivity index (χ0n) is 18.1. The fourth-order valence-electron chi connectivity index (χ4n) is 3.85. The van der Waals surface area contributed by atoms with Crippen LogP contribution in [0.15, 0.2) is 53.4 Å². The molecule has 1 aliphatic heterocycles. The maximum Gasteiger partial charge on any atom is 0.244 e. The first-order valence-corrected chi connectivity index (χ1v) is 12.9. The fraction of sp³-hybridized carbons (Fsp3) is 0.435. The maximum absolute atomic E-state index is 12.9.